The van der Waals surface area contributed by atoms with Gasteiger partial charge in [0.1, 0.15) is 6.04 Å². The molecule has 0 aliphatic rings. The molecule has 3 aromatic rings. The number of anilines is 2. The smallest absolute Gasteiger partial charge is 0.227 e. The Kier molecular flexibility index (Phi) is 7.85. The van der Waals surface area contributed by atoms with Crippen molar-refractivity contribution in [2.24, 2.45) is 0 Å². The van der Waals surface area contributed by atoms with Crippen molar-refractivity contribution in [3.63, 3.8) is 0 Å². The molecule has 3 aromatic carbocycles. The topological polar surface area (TPSA) is 63.4 Å². The maximum atomic E-state index is 13.5. The number of halogens is 1. The first-order chi connectivity index (χ1) is 15.0. The number of rotatable bonds is 9. The minimum absolute atomic E-state index is 0.0247. The van der Waals surface area contributed by atoms with Crippen molar-refractivity contribution in [1.82, 2.24) is 0 Å². The highest BCUT2D eigenvalue weighted by molar-refractivity contribution is 6.31. The normalized spacial score (nSPS) is 11.7. The van der Waals surface area contributed by atoms with Crippen molar-refractivity contribution in [2.75, 3.05) is 10.6 Å². The Morgan fingerprint density at radius 3 is 2.39 bits per heavy atom. The Morgan fingerprint density at radius 2 is 1.71 bits per heavy atom. The molecule has 31 heavy (non-hydrogen) atoms. The molecule has 0 fully saturated rings. The van der Waals surface area contributed by atoms with Crippen molar-refractivity contribution in [3.8, 4) is 0 Å². The quantitative estimate of drug-likeness (QED) is 0.420. The van der Waals surface area contributed by atoms with Gasteiger partial charge in [0.15, 0.2) is 5.78 Å². The maximum absolute atomic E-state index is 13.5. The number of benzene rings is 3. The minimum atomic E-state index is -0.759. The third kappa shape index (κ3) is 5.96. The molecule has 0 saturated carbocycles. The van der Waals surface area contributed by atoms with Crippen molar-refractivity contribution in [1.29, 1.82) is 0 Å². The van der Waals surface area contributed by atoms with Crippen molar-refractivity contribution in [3.05, 3.63) is 95.0 Å². The van der Waals surface area contributed by atoms with E-state index in [4.69, 9.17) is 17.3 Å². The second-order valence-electron chi connectivity index (χ2n) is 7.48. The monoisotopic (exact) mass is 434 g/mol. The molecule has 3 rings (SSSR count). The number of nitrogens with zero attached hydrogens (tertiary/aromatic N) is 1. The zero-order valence-electron chi connectivity index (χ0n) is 17.6. The summed E-state index contributed by atoms with van der Waals surface area (Å²) in [5, 5.41) is 0.509. The summed E-state index contributed by atoms with van der Waals surface area (Å²) in [6.07, 6.45) is 2.12. The van der Waals surface area contributed by atoms with E-state index < -0.39 is 6.04 Å². The lowest BCUT2D eigenvalue weighted by atomic mass is 9.95. The van der Waals surface area contributed by atoms with Crippen LogP contribution in [0.1, 0.15) is 43.4 Å². The van der Waals surface area contributed by atoms with Crippen LogP contribution in [0.4, 0.5) is 11.4 Å². The van der Waals surface area contributed by atoms with Gasteiger partial charge in [-0.1, -0.05) is 67.1 Å². The fourth-order valence-corrected chi connectivity index (χ4v) is 3.87. The van der Waals surface area contributed by atoms with Gasteiger partial charge in [-0.2, -0.15) is 0 Å². The molecular formula is C26H27ClN2O2. The van der Waals surface area contributed by atoms with Gasteiger partial charge >= 0.3 is 0 Å². The van der Waals surface area contributed by atoms with Gasteiger partial charge in [-0.25, -0.2) is 0 Å². The van der Waals surface area contributed by atoms with Crippen LogP contribution in [0.25, 0.3) is 0 Å². The molecule has 2 N–H and O–H groups in total. The van der Waals surface area contributed by atoms with Crippen LogP contribution >= 0.6 is 11.6 Å². The van der Waals surface area contributed by atoms with Crippen LogP contribution in [0, 0.1) is 0 Å². The van der Waals surface area contributed by atoms with Crippen LogP contribution < -0.4 is 10.6 Å². The molecule has 0 aliphatic carbocycles. The maximum Gasteiger partial charge on any atom is 0.227 e. The molecule has 0 spiro atoms. The van der Waals surface area contributed by atoms with Crippen molar-refractivity contribution in [2.45, 2.75) is 38.6 Å². The average molecular weight is 435 g/mol. The Bertz CT molecular complexity index is 1040. The van der Waals surface area contributed by atoms with E-state index in [-0.39, 0.29) is 18.1 Å². The first kappa shape index (κ1) is 22.6. The first-order valence-electron chi connectivity index (χ1n) is 10.5. The fourth-order valence-electron chi connectivity index (χ4n) is 3.69. The van der Waals surface area contributed by atoms with Gasteiger partial charge in [-0.15, -0.1) is 0 Å². The van der Waals surface area contributed by atoms with E-state index in [0.717, 1.165) is 6.42 Å². The van der Waals surface area contributed by atoms with Gasteiger partial charge in [0, 0.05) is 29.2 Å². The highest BCUT2D eigenvalue weighted by Crippen LogP contribution is 2.32. The second kappa shape index (κ2) is 10.8. The number of ketones is 1. The number of nitrogen functional groups attached to an aromatic ring is 1. The largest absolute Gasteiger partial charge is 0.399 e. The summed E-state index contributed by atoms with van der Waals surface area (Å²) in [5.74, 6) is -0.172. The molecule has 1 amide bonds. The highest BCUT2D eigenvalue weighted by Gasteiger charge is 2.31. The van der Waals surface area contributed by atoms with Crippen molar-refractivity contribution < 1.29 is 9.59 Å². The molecule has 0 saturated heterocycles. The van der Waals surface area contributed by atoms with Crippen LogP contribution in [0.5, 0.6) is 0 Å². The number of nitrogens with two attached hydrogens (primary N) is 1. The molecule has 0 bridgehead atoms. The molecular weight excluding hydrogens is 408 g/mol. The lowest BCUT2D eigenvalue weighted by Crippen LogP contribution is -2.39. The molecule has 160 valence electrons. The zero-order chi connectivity index (χ0) is 22.2. The Balaban J connectivity index is 1.93. The highest BCUT2D eigenvalue weighted by atomic mass is 35.5. The molecule has 0 aromatic heterocycles. The van der Waals surface area contributed by atoms with E-state index >= 15 is 0 Å². The average Bonchev–Trinajstić information content (AvgIpc) is 2.77. The number of amides is 1. The Morgan fingerprint density at radius 1 is 0.968 bits per heavy atom. The van der Waals surface area contributed by atoms with Gasteiger partial charge < -0.3 is 5.73 Å². The lowest BCUT2D eigenvalue weighted by molar-refractivity contribution is -0.125. The van der Waals surface area contributed by atoms with E-state index in [1.54, 1.807) is 48.2 Å². The molecule has 0 heterocycles. The van der Waals surface area contributed by atoms with Gasteiger partial charge in [0.05, 0.1) is 0 Å². The third-order valence-corrected chi connectivity index (χ3v) is 5.41. The molecule has 0 radical (unpaired) electrons. The molecule has 0 aliphatic heterocycles. The second-order valence-corrected chi connectivity index (χ2v) is 7.91. The number of carbonyl (C=O) groups is 2. The van der Waals surface area contributed by atoms with E-state index in [1.807, 2.05) is 30.3 Å². The summed E-state index contributed by atoms with van der Waals surface area (Å²) in [6, 6.07) is 23.5. The predicted octanol–water partition coefficient (Wildman–Crippen LogP) is 6.00. The standard InChI is InChI=1S/C26H27ClN2O2/c1-2-25(31)29(23-15-8-13-21(27)18-23)26(20-12-7-14-22(28)17-20)24(30)16-6-11-19-9-4-3-5-10-19/h3-5,7-10,12-15,17-18,26H,2,6,11,16,28H2,1H3. The molecule has 4 nitrogen and oxygen atoms in total. The SMILES string of the molecule is CCC(=O)N(c1cccc(Cl)c1)C(C(=O)CCCc1ccccc1)c1cccc(N)c1. The number of carbonyl (C=O) groups excluding carboxylic acids is 2. The number of aryl methyl sites for hydroxylation is 1. The third-order valence-electron chi connectivity index (χ3n) is 5.18. The van der Waals surface area contributed by atoms with Crippen LogP contribution in [-0.2, 0) is 16.0 Å². The Labute approximate surface area is 188 Å². The molecule has 5 heteroatoms. The van der Waals surface area contributed by atoms with Crippen LogP contribution in [0.2, 0.25) is 5.02 Å². The summed E-state index contributed by atoms with van der Waals surface area (Å²) in [7, 11) is 0. The lowest BCUT2D eigenvalue weighted by Gasteiger charge is -2.31. The van der Waals surface area contributed by atoms with Gasteiger partial charge in [0.25, 0.3) is 0 Å². The van der Waals surface area contributed by atoms with E-state index in [9.17, 15) is 9.59 Å². The number of hydrogen-bond donors (Lipinski definition) is 1. The summed E-state index contributed by atoms with van der Waals surface area (Å²) in [6.45, 7) is 1.79. The zero-order valence-corrected chi connectivity index (χ0v) is 18.4. The van der Waals surface area contributed by atoms with E-state index in [1.165, 1.54) is 5.56 Å². The summed E-state index contributed by atoms with van der Waals surface area (Å²) in [5.41, 5.74) is 9.05. The number of hydrogen-bond acceptors (Lipinski definition) is 3. The number of Topliss-reactive ketones (excluding diaryl/α,β-unsaturated/α-hetero) is 1. The van der Waals surface area contributed by atoms with Crippen molar-refractivity contribution >= 4 is 34.7 Å². The van der Waals surface area contributed by atoms with Crippen LogP contribution in [-0.4, -0.2) is 11.7 Å². The summed E-state index contributed by atoms with van der Waals surface area (Å²) < 4.78 is 0. The van der Waals surface area contributed by atoms with Gasteiger partial charge in [-0.3, -0.25) is 14.5 Å². The first-order valence-corrected chi connectivity index (χ1v) is 10.9. The summed E-state index contributed by atoms with van der Waals surface area (Å²) in [4.78, 5) is 28.1. The van der Waals surface area contributed by atoms with E-state index in [2.05, 4.69) is 12.1 Å². The minimum Gasteiger partial charge on any atom is -0.399 e. The van der Waals surface area contributed by atoms with Gasteiger partial charge in [0.2, 0.25) is 5.91 Å². The van der Waals surface area contributed by atoms with Crippen LogP contribution in [0.15, 0.2) is 78.9 Å². The molecule has 1 atom stereocenters. The summed E-state index contributed by atoms with van der Waals surface area (Å²) >= 11 is 6.20. The molecule has 1 unspecified atom stereocenters. The predicted molar refractivity (Wildman–Crippen MR) is 127 cm³/mol. The van der Waals surface area contributed by atoms with Crippen LogP contribution in [0.3, 0.4) is 0 Å². The fraction of sp³-hybridized carbons (Fsp3) is 0.231. The van der Waals surface area contributed by atoms with Gasteiger partial charge in [-0.05, 0) is 54.3 Å². The van der Waals surface area contributed by atoms with E-state index in [0.29, 0.717) is 34.8 Å². The Hall–Kier alpha value is -3.11.